The van der Waals surface area contributed by atoms with Gasteiger partial charge in [0.2, 0.25) is 0 Å². The Morgan fingerprint density at radius 2 is 2.30 bits per heavy atom. The molecule has 0 radical (unpaired) electrons. The Morgan fingerprint density at radius 1 is 1.40 bits per heavy atom. The summed E-state index contributed by atoms with van der Waals surface area (Å²) < 4.78 is 0. The fourth-order valence-electron chi connectivity index (χ4n) is 3.37. The number of carbonyl (C=O) groups is 1. The van der Waals surface area contributed by atoms with Crippen LogP contribution in [0.3, 0.4) is 0 Å². The summed E-state index contributed by atoms with van der Waals surface area (Å²) in [5, 5.41) is 3.40. The first-order valence-electron chi connectivity index (χ1n) is 7.94. The second kappa shape index (κ2) is 5.86. The summed E-state index contributed by atoms with van der Waals surface area (Å²) in [6, 6.07) is 6.15. The number of hydrogen-bond acceptors (Lipinski definition) is 2. The van der Waals surface area contributed by atoms with Gasteiger partial charge in [-0.25, -0.2) is 0 Å². The Labute approximate surface area is 121 Å². The fourth-order valence-corrected chi connectivity index (χ4v) is 3.37. The minimum atomic E-state index is 0.219. The van der Waals surface area contributed by atoms with Crippen molar-refractivity contribution in [3.8, 4) is 0 Å². The first-order valence-corrected chi connectivity index (χ1v) is 7.94. The van der Waals surface area contributed by atoms with Gasteiger partial charge in [-0.05, 0) is 55.4 Å². The number of anilines is 1. The van der Waals surface area contributed by atoms with Gasteiger partial charge in [0.05, 0.1) is 0 Å². The lowest BCUT2D eigenvalue weighted by molar-refractivity contribution is 0.0671. The highest BCUT2D eigenvalue weighted by molar-refractivity contribution is 5.95. The van der Waals surface area contributed by atoms with E-state index in [9.17, 15) is 4.79 Å². The molecule has 1 aromatic rings. The number of nitrogens with one attached hydrogen (secondary N) is 1. The van der Waals surface area contributed by atoms with Gasteiger partial charge in [0.15, 0.2) is 0 Å². The average molecular weight is 272 g/mol. The molecule has 0 aromatic heterocycles. The maximum atomic E-state index is 12.7. The third kappa shape index (κ3) is 2.67. The van der Waals surface area contributed by atoms with Crippen LogP contribution in [-0.4, -0.2) is 30.4 Å². The van der Waals surface area contributed by atoms with Gasteiger partial charge in [0.1, 0.15) is 0 Å². The zero-order chi connectivity index (χ0) is 13.9. The Kier molecular flexibility index (Phi) is 3.95. The van der Waals surface area contributed by atoms with Gasteiger partial charge in [-0.1, -0.05) is 13.3 Å². The normalized spacial score (nSPS) is 22.1. The monoisotopic (exact) mass is 272 g/mol. The van der Waals surface area contributed by atoms with E-state index in [2.05, 4.69) is 29.3 Å². The number of nitrogens with zero attached hydrogens (tertiary/aromatic N) is 1. The molecule has 1 N–H and O–H groups in total. The molecule has 0 spiro atoms. The van der Waals surface area contributed by atoms with E-state index in [1.807, 2.05) is 6.07 Å². The van der Waals surface area contributed by atoms with Crippen molar-refractivity contribution in [2.45, 2.75) is 39.0 Å². The van der Waals surface area contributed by atoms with Crippen LogP contribution in [0.2, 0.25) is 0 Å². The third-order valence-corrected chi connectivity index (χ3v) is 4.67. The molecule has 108 valence electrons. The van der Waals surface area contributed by atoms with Gasteiger partial charge < -0.3 is 10.2 Å². The predicted octanol–water partition coefficient (Wildman–Crippen LogP) is 3.31. The lowest BCUT2D eigenvalue weighted by Crippen LogP contribution is -2.39. The maximum absolute atomic E-state index is 12.7. The van der Waals surface area contributed by atoms with Gasteiger partial charge >= 0.3 is 0 Å². The van der Waals surface area contributed by atoms with Gasteiger partial charge in [0, 0.05) is 30.9 Å². The van der Waals surface area contributed by atoms with E-state index in [1.54, 1.807) is 0 Å². The maximum Gasteiger partial charge on any atom is 0.253 e. The van der Waals surface area contributed by atoms with Gasteiger partial charge in [0.25, 0.3) is 5.91 Å². The average Bonchev–Trinajstić information content (AvgIpc) is 2.53. The molecule has 20 heavy (non-hydrogen) atoms. The lowest BCUT2D eigenvalue weighted by atomic mass is 9.94. The van der Waals surface area contributed by atoms with Crippen LogP contribution in [0.5, 0.6) is 0 Å². The Morgan fingerprint density at radius 3 is 3.15 bits per heavy atom. The van der Waals surface area contributed by atoms with Crippen molar-refractivity contribution in [2.24, 2.45) is 5.92 Å². The van der Waals surface area contributed by atoms with Crippen LogP contribution in [0.25, 0.3) is 0 Å². The molecule has 3 heteroatoms. The SMILES string of the molecule is CCC1CCCN(C(=O)c2ccc3c(c2)CCCN3)C1. The lowest BCUT2D eigenvalue weighted by Gasteiger charge is -2.32. The number of amides is 1. The number of aryl methyl sites for hydroxylation is 1. The molecular weight excluding hydrogens is 248 g/mol. The van der Waals surface area contributed by atoms with Crippen molar-refractivity contribution < 1.29 is 4.79 Å². The highest BCUT2D eigenvalue weighted by Gasteiger charge is 2.24. The van der Waals surface area contributed by atoms with Crippen LogP contribution in [0.1, 0.15) is 48.5 Å². The highest BCUT2D eigenvalue weighted by Crippen LogP contribution is 2.25. The van der Waals surface area contributed by atoms with Crippen molar-refractivity contribution in [1.29, 1.82) is 0 Å². The van der Waals surface area contributed by atoms with Crippen molar-refractivity contribution in [1.82, 2.24) is 4.90 Å². The molecule has 2 heterocycles. The van der Waals surface area contributed by atoms with Crippen LogP contribution in [0.15, 0.2) is 18.2 Å². The summed E-state index contributed by atoms with van der Waals surface area (Å²) in [6.45, 7) is 5.13. The molecule has 0 bridgehead atoms. The van der Waals surface area contributed by atoms with E-state index in [4.69, 9.17) is 0 Å². The number of hydrogen-bond donors (Lipinski definition) is 1. The smallest absolute Gasteiger partial charge is 0.253 e. The second-order valence-corrected chi connectivity index (χ2v) is 6.07. The summed E-state index contributed by atoms with van der Waals surface area (Å²) in [5.74, 6) is 0.906. The summed E-state index contributed by atoms with van der Waals surface area (Å²) in [5.41, 5.74) is 3.37. The number of rotatable bonds is 2. The van der Waals surface area contributed by atoms with E-state index in [0.717, 1.165) is 44.5 Å². The van der Waals surface area contributed by atoms with E-state index in [-0.39, 0.29) is 5.91 Å². The highest BCUT2D eigenvalue weighted by atomic mass is 16.2. The second-order valence-electron chi connectivity index (χ2n) is 6.07. The summed E-state index contributed by atoms with van der Waals surface area (Å²) in [7, 11) is 0. The fraction of sp³-hybridized carbons (Fsp3) is 0.588. The molecule has 0 aliphatic carbocycles. The number of likely N-dealkylation sites (tertiary alicyclic amines) is 1. The van der Waals surface area contributed by atoms with Gasteiger partial charge in [-0.3, -0.25) is 4.79 Å². The molecular formula is C17H24N2O. The summed E-state index contributed by atoms with van der Waals surface area (Å²) in [6.07, 6.45) is 5.84. The van der Waals surface area contributed by atoms with E-state index in [0.29, 0.717) is 5.92 Å². The van der Waals surface area contributed by atoms with Crippen molar-refractivity contribution >= 4 is 11.6 Å². The molecule has 1 unspecified atom stereocenters. The number of fused-ring (bicyclic) bond motifs is 1. The Bertz CT molecular complexity index is 498. The minimum absolute atomic E-state index is 0.219. The van der Waals surface area contributed by atoms with Crippen LogP contribution < -0.4 is 5.32 Å². The largest absolute Gasteiger partial charge is 0.385 e. The zero-order valence-corrected chi connectivity index (χ0v) is 12.3. The van der Waals surface area contributed by atoms with Crippen LogP contribution in [0, 0.1) is 5.92 Å². The predicted molar refractivity (Wildman–Crippen MR) is 82.2 cm³/mol. The first kappa shape index (κ1) is 13.5. The standard InChI is InChI=1S/C17H24N2O/c1-2-13-5-4-10-19(12-13)17(20)15-7-8-16-14(11-15)6-3-9-18-16/h7-8,11,13,18H,2-6,9-10,12H2,1H3. The molecule has 2 aliphatic heterocycles. The quantitative estimate of drug-likeness (QED) is 0.896. The van der Waals surface area contributed by atoms with Crippen molar-refractivity contribution in [3.05, 3.63) is 29.3 Å². The Balaban J connectivity index is 1.76. The number of benzene rings is 1. The van der Waals surface area contributed by atoms with Crippen molar-refractivity contribution in [3.63, 3.8) is 0 Å². The zero-order valence-electron chi connectivity index (χ0n) is 12.3. The topological polar surface area (TPSA) is 32.3 Å². The van der Waals surface area contributed by atoms with E-state index in [1.165, 1.54) is 24.1 Å². The summed E-state index contributed by atoms with van der Waals surface area (Å²) in [4.78, 5) is 14.7. The first-order chi connectivity index (χ1) is 9.78. The number of carbonyl (C=O) groups excluding carboxylic acids is 1. The van der Waals surface area contributed by atoms with Gasteiger partial charge in [-0.2, -0.15) is 0 Å². The molecule has 3 nitrogen and oxygen atoms in total. The molecule has 1 atom stereocenters. The van der Waals surface area contributed by atoms with Crippen LogP contribution in [0.4, 0.5) is 5.69 Å². The molecule has 0 saturated carbocycles. The molecule has 1 aromatic carbocycles. The third-order valence-electron chi connectivity index (χ3n) is 4.67. The molecule has 1 amide bonds. The van der Waals surface area contributed by atoms with Crippen LogP contribution >= 0.6 is 0 Å². The van der Waals surface area contributed by atoms with Crippen LogP contribution in [-0.2, 0) is 6.42 Å². The van der Waals surface area contributed by atoms with Gasteiger partial charge in [-0.15, -0.1) is 0 Å². The Hall–Kier alpha value is -1.51. The molecule has 2 aliphatic rings. The minimum Gasteiger partial charge on any atom is -0.385 e. The van der Waals surface area contributed by atoms with E-state index < -0.39 is 0 Å². The summed E-state index contributed by atoms with van der Waals surface area (Å²) >= 11 is 0. The molecule has 1 fully saturated rings. The van der Waals surface area contributed by atoms with Crippen molar-refractivity contribution in [2.75, 3.05) is 25.0 Å². The number of piperidine rings is 1. The molecule has 1 saturated heterocycles. The van der Waals surface area contributed by atoms with E-state index >= 15 is 0 Å². The molecule has 3 rings (SSSR count).